The van der Waals surface area contributed by atoms with Gasteiger partial charge in [-0.25, -0.2) is 17.2 Å². The van der Waals surface area contributed by atoms with Crippen molar-refractivity contribution in [3.8, 4) is 22.6 Å². The molecule has 0 aliphatic rings. The predicted molar refractivity (Wildman–Crippen MR) is 106 cm³/mol. The van der Waals surface area contributed by atoms with Crippen molar-refractivity contribution in [3.63, 3.8) is 0 Å². The second kappa shape index (κ2) is 7.96. The third-order valence-corrected chi connectivity index (χ3v) is 6.32. The Morgan fingerprint density at radius 1 is 1.03 bits per heavy atom. The SMILES string of the molecule is CCS(=O)(=O)c1ccc(Oc2ccc(F)cc2F)c(-c2cn(C)c(=O)cc2Cl)c1. The maximum atomic E-state index is 14.1. The number of aryl methyl sites for hydroxylation is 1. The molecule has 0 atom stereocenters. The summed E-state index contributed by atoms with van der Waals surface area (Å²) in [7, 11) is -2.05. The van der Waals surface area contributed by atoms with Gasteiger partial charge in [-0.15, -0.1) is 0 Å². The summed E-state index contributed by atoms with van der Waals surface area (Å²) < 4.78 is 58.7. The maximum Gasteiger partial charge on any atom is 0.251 e. The smallest absolute Gasteiger partial charge is 0.251 e. The van der Waals surface area contributed by atoms with Gasteiger partial charge in [-0.1, -0.05) is 18.5 Å². The van der Waals surface area contributed by atoms with Crippen molar-refractivity contribution in [3.05, 3.63) is 75.7 Å². The number of aromatic nitrogens is 1. The zero-order valence-corrected chi connectivity index (χ0v) is 17.0. The molecule has 2 aromatic carbocycles. The Balaban J connectivity index is 2.23. The minimum atomic E-state index is -3.55. The Morgan fingerprint density at radius 2 is 1.72 bits per heavy atom. The fourth-order valence-electron chi connectivity index (χ4n) is 2.65. The number of benzene rings is 2. The van der Waals surface area contributed by atoms with E-state index in [1.807, 2.05) is 0 Å². The van der Waals surface area contributed by atoms with Crippen LogP contribution in [0.4, 0.5) is 8.78 Å². The molecule has 1 heterocycles. The Morgan fingerprint density at radius 3 is 2.38 bits per heavy atom. The van der Waals surface area contributed by atoms with Crippen LogP contribution in [-0.2, 0) is 16.9 Å². The molecule has 0 spiro atoms. The normalized spacial score (nSPS) is 11.5. The van der Waals surface area contributed by atoms with E-state index in [-0.39, 0.29) is 38.3 Å². The van der Waals surface area contributed by atoms with Crippen molar-refractivity contribution >= 4 is 21.4 Å². The van der Waals surface area contributed by atoms with Gasteiger partial charge in [0.1, 0.15) is 11.6 Å². The molecule has 0 aliphatic heterocycles. The van der Waals surface area contributed by atoms with Gasteiger partial charge < -0.3 is 9.30 Å². The first-order valence-electron chi connectivity index (χ1n) is 8.48. The van der Waals surface area contributed by atoms with E-state index in [0.29, 0.717) is 11.6 Å². The highest BCUT2D eigenvalue weighted by atomic mass is 35.5. The fourth-order valence-corrected chi connectivity index (χ4v) is 3.80. The third kappa shape index (κ3) is 4.33. The number of sulfone groups is 1. The van der Waals surface area contributed by atoms with Crippen LogP contribution >= 0.6 is 11.6 Å². The largest absolute Gasteiger partial charge is 0.454 e. The zero-order chi connectivity index (χ0) is 21.3. The Kier molecular flexibility index (Phi) is 5.77. The summed E-state index contributed by atoms with van der Waals surface area (Å²) in [6.45, 7) is 1.51. The van der Waals surface area contributed by atoms with Crippen LogP contribution in [0.2, 0.25) is 5.02 Å². The van der Waals surface area contributed by atoms with E-state index in [1.54, 1.807) is 0 Å². The monoisotopic (exact) mass is 439 g/mol. The average Bonchev–Trinajstić information content (AvgIpc) is 2.67. The molecule has 5 nitrogen and oxygen atoms in total. The number of pyridine rings is 1. The molecule has 0 saturated carbocycles. The first kappa shape index (κ1) is 21.0. The number of hydrogen-bond acceptors (Lipinski definition) is 4. The van der Waals surface area contributed by atoms with Crippen molar-refractivity contribution in [2.75, 3.05) is 5.75 Å². The van der Waals surface area contributed by atoms with Gasteiger partial charge in [-0.05, 0) is 30.3 Å². The Hall–Kier alpha value is -2.71. The molecule has 0 aliphatic carbocycles. The molecular weight excluding hydrogens is 424 g/mol. The van der Waals surface area contributed by atoms with Crippen molar-refractivity contribution in [2.24, 2.45) is 7.05 Å². The molecule has 1 aromatic heterocycles. The van der Waals surface area contributed by atoms with Gasteiger partial charge >= 0.3 is 0 Å². The van der Waals surface area contributed by atoms with E-state index in [9.17, 15) is 22.0 Å². The molecule has 0 saturated heterocycles. The lowest BCUT2D eigenvalue weighted by Gasteiger charge is -2.15. The minimum absolute atomic E-state index is 0.0202. The first-order chi connectivity index (χ1) is 13.6. The number of ether oxygens (including phenoxy) is 1. The quantitative estimate of drug-likeness (QED) is 0.584. The van der Waals surface area contributed by atoms with Gasteiger partial charge in [0.05, 0.1) is 15.7 Å². The van der Waals surface area contributed by atoms with E-state index in [4.69, 9.17) is 16.3 Å². The predicted octanol–water partition coefficient (Wildman–Crippen LogP) is 4.57. The van der Waals surface area contributed by atoms with Crippen LogP contribution < -0.4 is 10.3 Å². The molecule has 152 valence electrons. The van der Waals surface area contributed by atoms with Crippen molar-refractivity contribution in [1.82, 2.24) is 4.57 Å². The van der Waals surface area contributed by atoms with Gasteiger partial charge in [0.25, 0.3) is 5.56 Å². The molecule has 0 unspecified atom stereocenters. The van der Waals surface area contributed by atoms with E-state index in [1.165, 1.54) is 49.0 Å². The topological polar surface area (TPSA) is 65.4 Å². The Labute approximate surface area is 171 Å². The maximum absolute atomic E-state index is 14.1. The van der Waals surface area contributed by atoms with E-state index < -0.39 is 21.5 Å². The molecule has 0 fully saturated rings. The molecular formula is C20H16ClF2NO4S. The molecule has 0 bridgehead atoms. The summed E-state index contributed by atoms with van der Waals surface area (Å²) in [5, 5.41) is 0.0728. The van der Waals surface area contributed by atoms with Crippen LogP contribution in [-0.4, -0.2) is 18.7 Å². The molecule has 0 radical (unpaired) electrons. The van der Waals surface area contributed by atoms with Gasteiger partial charge in [-0.3, -0.25) is 4.79 Å². The highest BCUT2D eigenvalue weighted by molar-refractivity contribution is 7.91. The van der Waals surface area contributed by atoms with Crippen LogP contribution in [0.25, 0.3) is 11.1 Å². The molecule has 9 heteroatoms. The minimum Gasteiger partial charge on any atom is -0.454 e. The van der Waals surface area contributed by atoms with Gasteiger partial charge in [0, 0.05) is 36.5 Å². The summed E-state index contributed by atoms with van der Waals surface area (Å²) in [4.78, 5) is 11.8. The lowest BCUT2D eigenvalue weighted by atomic mass is 10.1. The number of nitrogens with zero attached hydrogens (tertiary/aromatic N) is 1. The van der Waals surface area contributed by atoms with Crippen LogP contribution in [0.5, 0.6) is 11.5 Å². The number of rotatable bonds is 5. The van der Waals surface area contributed by atoms with Crippen LogP contribution in [0.1, 0.15) is 6.92 Å². The van der Waals surface area contributed by atoms with Crippen LogP contribution in [0.15, 0.2) is 58.4 Å². The van der Waals surface area contributed by atoms with E-state index >= 15 is 0 Å². The third-order valence-electron chi connectivity index (χ3n) is 4.27. The zero-order valence-electron chi connectivity index (χ0n) is 15.4. The molecule has 0 N–H and O–H groups in total. The highest BCUT2D eigenvalue weighted by Gasteiger charge is 2.19. The molecule has 3 rings (SSSR count). The lowest BCUT2D eigenvalue weighted by molar-refractivity contribution is 0.438. The van der Waals surface area contributed by atoms with Gasteiger partial charge in [0.2, 0.25) is 0 Å². The molecule has 29 heavy (non-hydrogen) atoms. The Bertz CT molecular complexity index is 1260. The number of hydrogen-bond donors (Lipinski definition) is 0. The molecule has 3 aromatic rings. The average molecular weight is 440 g/mol. The lowest BCUT2D eigenvalue weighted by Crippen LogP contribution is -2.15. The standard InChI is InChI=1S/C20H16ClF2NO4S/c1-3-29(26,27)13-5-7-18(28-19-6-4-12(22)8-17(19)23)14(9-13)15-11-24(2)20(25)10-16(15)21/h4-11H,3H2,1-2H3. The van der Waals surface area contributed by atoms with E-state index in [2.05, 4.69) is 0 Å². The van der Waals surface area contributed by atoms with Crippen LogP contribution in [0.3, 0.4) is 0 Å². The summed E-state index contributed by atoms with van der Waals surface area (Å²) >= 11 is 6.22. The second-order valence-corrected chi connectivity index (χ2v) is 8.91. The van der Waals surface area contributed by atoms with Gasteiger partial charge in [-0.2, -0.15) is 0 Å². The summed E-state index contributed by atoms with van der Waals surface area (Å²) in [5.74, 6) is -1.97. The highest BCUT2D eigenvalue weighted by Crippen LogP contribution is 2.38. The van der Waals surface area contributed by atoms with Crippen molar-refractivity contribution in [2.45, 2.75) is 11.8 Å². The van der Waals surface area contributed by atoms with Crippen molar-refractivity contribution < 1.29 is 21.9 Å². The van der Waals surface area contributed by atoms with Crippen LogP contribution in [0, 0.1) is 11.6 Å². The first-order valence-corrected chi connectivity index (χ1v) is 10.5. The fraction of sp³-hybridized carbons (Fsp3) is 0.150. The summed E-state index contributed by atoms with van der Waals surface area (Å²) in [5.41, 5.74) is 0.200. The second-order valence-electron chi connectivity index (χ2n) is 6.22. The molecule has 0 amide bonds. The summed E-state index contributed by atoms with van der Waals surface area (Å²) in [6, 6.07) is 8.04. The van der Waals surface area contributed by atoms with Crippen molar-refractivity contribution in [1.29, 1.82) is 0 Å². The summed E-state index contributed by atoms with van der Waals surface area (Å²) in [6.07, 6.45) is 1.43. The van der Waals surface area contributed by atoms with Gasteiger partial charge in [0.15, 0.2) is 21.4 Å². The number of halogens is 3. The van der Waals surface area contributed by atoms with E-state index in [0.717, 1.165) is 12.1 Å².